The van der Waals surface area contributed by atoms with Gasteiger partial charge in [-0.25, -0.2) is 0 Å². The normalized spacial score (nSPS) is 24.6. The molecule has 1 aromatic rings. The maximum atomic E-state index is 12.9. The number of carbonyl (C=O) groups is 2. The van der Waals surface area contributed by atoms with E-state index in [-0.39, 0.29) is 29.7 Å². The summed E-state index contributed by atoms with van der Waals surface area (Å²) in [5.41, 5.74) is 1.07. The molecule has 1 saturated heterocycles. The van der Waals surface area contributed by atoms with Gasteiger partial charge in [-0.2, -0.15) is 0 Å². The lowest BCUT2D eigenvalue weighted by atomic mass is 9.81. The second-order valence-electron chi connectivity index (χ2n) is 6.73. The first-order valence-electron chi connectivity index (χ1n) is 9.03. The molecule has 2 amide bonds. The summed E-state index contributed by atoms with van der Waals surface area (Å²) in [6.45, 7) is 4.37. The fraction of sp³-hybridized carbons (Fsp3) is 0.500. The van der Waals surface area contributed by atoms with Crippen LogP contribution in [0.4, 0.5) is 0 Å². The average molecular weight is 342 g/mol. The smallest absolute Gasteiger partial charge is 0.226 e. The number of hydrogen-bond acceptors (Lipinski definition) is 3. The average Bonchev–Trinajstić information content (AvgIpc) is 2.68. The number of nitrogens with one attached hydrogen (secondary N) is 1. The lowest BCUT2D eigenvalue weighted by Gasteiger charge is -2.34. The number of hydrogen-bond donors (Lipinski definition) is 1. The first kappa shape index (κ1) is 17.7. The zero-order valence-corrected chi connectivity index (χ0v) is 14.7. The van der Waals surface area contributed by atoms with Crippen molar-refractivity contribution in [2.24, 2.45) is 11.8 Å². The van der Waals surface area contributed by atoms with Crippen LogP contribution in [0.15, 0.2) is 42.5 Å². The predicted molar refractivity (Wildman–Crippen MR) is 95.8 cm³/mol. The van der Waals surface area contributed by atoms with E-state index in [9.17, 15) is 9.59 Å². The van der Waals surface area contributed by atoms with E-state index < -0.39 is 0 Å². The molecule has 5 heteroatoms. The molecular weight excluding hydrogens is 316 g/mol. The van der Waals surface area contributed by atoms with Gasteiger partial charge in [-0.1, -0.05) is 42.5 Å². The van der Waals surface area contributed by atoms with Crippen LogP contribution in [0.5, 0.6) is 0 Å². The fourth-order valence-electron chi connectivity index (χ4n) is 3.54. The summed E-state index contributed by atoms with van der Waals surface area (Å²) in [4.78, 5) is 27.6. The highest BCUT2D eigenvalue weighted by Crippen LogP contribution is 2.29. The van der Waals surface area contributed by atoms with Gasteiger partial charge in [0.15, 0.2) is 0 Å². The van der Waals surface area contributed by atoms with Crippen molar-refractivity contribution in [2.45, 2.75) is 25.8 Å². The van der Waals surface area contributed by atoms with Crippen LogP contribution < -0.4 is 5.32 Å². The molecule has 25 heavy (non-hydrogen) atoms. The summed E-state index contributed by atoms with van der Waals surface area (Å²) >= 11 is 0. The van der Waals surface area contributed by atoms with Gasteiger partial charge in [-0.15, -0.1) is 0 Å². The molecule has 3 rings (SSSR count). The summed E-state index contributed by atoms with van der Waals surface area (Å²) in [5.74, 6) is -0.523. The molecule has 134 valence electrons. The molecular formula is C20H26N2O3. The molecule has 1 aliphatic heterocycles. The lowest BCUT2D eigenvalue weighted by molar-refractivity contribution is -0.145. The number of rotatable bonds is 4. The molecule has 1 aliphatic carbocycles. The third-order valence-electron chi connectivity index (χ3n) is 5.07. The van der Waals surface area contributed by atoms with Crippen LogP contribution in [-0.4, -0.2) is 43.0 Å². The van der Waals surface area contributed by atoms with Crippen molar-refractivity contribution in [3.63, 3.8) is 0 Å². The van der Waals surface area contributed by atoms with Crippen molar-refractivity contribution in [1.82, 2.24) is 10.2 Å². The van der Waals surface area contributed by atoms with Gasteiger partial charge in [0.05, 0.1) is 31.1 Å². The topological polar surface area (TPSA) is 58.6 Å². The second-order valence-corrected chi connectivity index (χ2v) is 6.73. The maximum Gasteiger partial charge on any atom is 0.226 e. The minimum absolute atomic E-state index is 0.0349. The molecule has 0 unspecified atom stereocenters. The van der Waals surface area contributed by atoms with E-state index >= 15 is 0 Å². The Labute approximate surface area is 149 Å². The van der Waals surface area contributed by atoms with Gasteiger partial charge in [-0.3, -0.25) is 9.59 Å². The van der Waals surface area contributed by atoms with Crippen LogP contribution in [-0.2, 0) is 14.3 Å². The van der Waals surface area contributed by atoms with Gasteiger partial charge in [0, 0.05) is 13.1 Å². The standard InChI is InChI=1S/C20H26N2O3/c1-15(16-7-3-2-4-8-16)21-19(23)17-9-5-6-10-18(17)20(24)22-11-13-25-14-12-22/h2-8,15,17-18H,9-14H2,1H3,(H,21,23)/t15-,17-,18-/m0/s1. The number of allylic oxidation sites excluding steroid dienone is 2. The van der Waals surface area contributed by atoms with Gasteiger partial charge in [-0.05, 0) is 25.3 Å². The summed E-state index contributed by atoms with van der Waals surface area (Å²) in [6.07, 6.45) is 5.29. The van der Waals surface area contributed by atoms with Crippen LogP contribution in [0.25, 0.3) is 0 Å². The molecule has 1 fully saturated rings. The number of carbonyl (C=O) groups excluding carboxylic acids is 2. The Bertz CT molecular complexity index is 623. The Morgan fingerprint density at radius 1 is 1.08 bits per heavy atom. The third kappa shape index (κ3) is 4.28. The van der Waals surface area contributed by atoms with Crippen molar-refractivity contribution < 1.29 is 14.3 Å². The molecule has 0 aromatic heterocycles. The highest BCUT2D eigenvalue weighted by atomic mass is 16.5. The summed E-state index contributed by atoms with van der Waals surface area (Å²) in [6, 6.07) is 9.82. The second kappa shape index (κ2) is 8.30. The minimum atomic E-state index is -0.300. The summed E-state index contributed by atoms with van der Waals surface area (Å²) < 4.78 is 5.33. The molecule has 1 heterocycles. The number of nitrogens with zero attached hydrogens (tertiary/aromatic N) is 1. The molecule has 0 spiro atoms. The zero-order chi connectivity index (χ0) is 17.6. The quantitative estimate of drug-likeness (QED) is 0.854. The van der Waals surface area contributed by atoms with Gasteiger partial charge in [0.1, 0.15) is 0 Å². The van der Waals surface area contributed by atoms with E-state index in [0.717, 1.165) is 5.56 Å². The molecule has 5 nitrogen and oxygen atoms in total. The Morgan fingerprint density at radius 3 is 2.40 bits per heavy atom. The van der Waals surface area contributed by atoms with Crippen molar-refractivity contribution in [3.05, 3.63) is 48.0 Å². The van der Waals surface area contributed by atoms with Crippen LogP contribution in [0.1, 0.15) is 31.4 Å². The molecule has 0 radical (unpaired) electrons. The van der Waals surface area contributed by atoms with Crippen LogP contribution in [0, 0.1) is 11.8 Å². The highest BCUT2D eigenvalue weighted by Gasteiger charge is 2.37. The Morgan fingerprint density at radius 2 is 1.72 bits per heavy atom. The predicted octanol–water partition coefficient (Wildman–Crippen LogP) is 2.30. The monoisotopic (exact) mass is 342 g/mol. The van der Waals surface area contributed by atoms with Gasteiger partial charge in [0.25, 0.3) is 0 Å². The first-order chi connectivity index (χ1) is 12.2. The van der Waals surface area contributed by atoms with Gasteiger partial charge < -0.3 is 15.0 Å². The van der Waals surface area contributed by atoms with Crippen molar-refractivity contribution >= 4 is 11.8 Å². The van der Waals surface area contributed by atoms with Crippen molar-refractivity contribution in [3.8, 4) is 0 Å². The summed E-state index contributed by atoms with van der Waals surface area (Å²) in [7, 11) is 0. The van der Waals surface area contributed by atoms with Crippen LogP contribution in [0.3, 0.4) is 0 Å². The zero-order valence-electron chi connectivity index (χ0n) is 14.7. The summed E-state index contributed by atoms with van der Waals surface area (Å²) in [5, 5.41) is 3.09. The SMILES string of the molecule is C[C@H](NC(=O)[C@H]1CC=CC[C@@H]1C(=O)N1CCOCC1)c1ccccc1. The largest absolute Gasteiger partial charge is 0.378 e. The van der Waals surface area contributed by atoms with Gasteiger partial charge in [0.2, 0.25) is 11.8 Å². The fourth-order valence-corrected chi connectivity index (χ4v) is 3.54. The Balaban J connectivity index is 1.66. The first-order valence-corrected chi connectivity index (χ1v) is 9.03. The lowest BCUT2D eigenvalue weighted by Crippen LogP contribution is -2.48. The van der Waals surface area contributed by atoms with Crippen molar-refractivity contribution in [1.29, 1.82) is 0 Å². The number of benzene rings is 1. The molecule has 1 aromatic carbocycles. The van der Waals surface area contributed by atoms with Crippen molar-refractivity contribution in [2.75, 3.05) is 26.3 Å². The highest BCUT2D eigenvalue weighted by molar-refractivity contribution is 5.88. The van der Waals surface area contributed by atoms with Crippen LogP contribution in [0.2, 0.25) is 0 Å². The van der Waals surface area contributed by atoms with E-state index in [1.165, 1.54) is 0 Å². The Kier molecular flexibility index (Phi) is 5.87. The van der Waals surface area contributed by atoms with E-state index in [4.69, 9.17) is 4.74 Å². The molecule has 2 aliphatic rings. The van der Waals surface area contributed by atoms with Gasteiger partial charge >= 0.3 is 0 Å². The van der Waals surface area contributed by atoms with Crippen LogP contribution >= 0.6 is 0 Å². The Hall–Kier alpha value is -2.14. The molecule has 0 bridgehead atoms. The third-order valence-corrected chi connectivity index (χ3v) is 5.07. The van der Waals surface area contributed by atoms with E-state index in [2.05, 4.69) is 5.32 Å². The molecule has 1 N–H and O–H groups in total. The maximum absolute atomic E-state index is 12.9. The molecule has 0 saturated carbocycles. The minimum Gasteiger partial charge on any atom is -0.378 e. The van der Waals surface area contributed by atoms with E-state index in [1.807, 2.05) is 54.3 Å². The number of ether oxygens (including phenoxy) is 1. The van der Waals surface area contributed by atoms with E-state index in [1.54, 1.807) is 0 Å². The van der Waals surface area contributed by atoms with E-state index in [0.29, 0.717) is 39.1 Å². The number of morpholine rings is 1. The molecule has 3 atom stereocenters. The number of amides is 2.